The Morgan fingerprint density at radius 3 is 2.75 bits per heavy atom. The van der Waals surface area contributed by atoms with Gasteiger partial charge >= 0.3 is 0 Å². The molecule has 4 heteroatoms. The number of benzene rings is 1. The van der Waals surface area contributed by atoms with Crippen LogP contribution in [0.25, 0.3) is 0 Å². The molecule has 0 unspecified atom stereocenters. The van der Waals surface area contributed by atoms with Crippen LogP contribution in [0.1, 0.15) is 24.0 Å². The second kappa shape index (κ2) is 6.86. The van der Waals surface area contributed by atoms with E-state index in [9.17, 15) is 9.90 Å². The highest BCUT2D eigenvalue weighted by Gasteiger charge is 2.26. The summed E-state index contributed by atoms with van der Waals surface area (Å²) in [6, 6.07) is 8.41. The molecule has 2 rings (SSSR count). The lowest BCUT2D eigenvalue weighted by molar-refractivity contribution is -0.132. The Balaban J connectivity index is 1.87. The van der Waals surface area contributed by atoms with Crippen molar-refractivity contribution in [3.63, 3.8) is 0 Å². The monoisotopic (exact) mass is 276 g/mol. The minimum absolute atomic E-state index is 0.117. The van der Waals surface area contributed by atoms with Gasteiger partial charge in [-0.25, -0.2) is 0 Å². The summed E-state index contributed by atoms with van der Waals surface area (Å²) in [6.45, 7) is 4.16. The summed E-state index contributed by atoms with van der Waals surface area (Å²) in [6.07, 6.45) is 2.06. The number of carbonyl (C=O) groups excluding carboxylic acids is 1. The Kier molecular flexibility index (Phi) is 5.15. The first kappa shape index (κ1) is 15.0. The molecule has 1 aromatic rings. The topological polar surface area (TPSA) is 43.8 Å². The number of likely N-dealkylation sites (tertiary alicyclic amines) is 1. The maximum Gasteiger partial charge on any atom is 0.236 e. The average Bonchev–Trinajstić information content (AvgIpc) is 2.88. The van der Waals surface area contributed by atoms with Gasteiger partial charge in [0.2, 0.25) is 5.91 Å². The number of aliphatic hydroxyl groups is 1. The molecule has 0 saturated carbocycles. The van der Waals surface area contributed by atoms with Crippen LogP contribution in [-0.4, -0.2) is 53.6 Å². The molecule has 1 N–H and O–H groups in total. The van der Waals surface area contributed by atoms with E-state index in [0.717, 1.165) is 24.9 Å². The first-order valence-electron chi connectivity index (χ1n) is 7.24. The molecule has 0 aliphatic carbocycles. The number of hydrogen-bond acceptors (Lipinski definition) is 3. The summed E-state index contributed by atoms with van der Waals surface area (Å²) in [5, 5.41) is 9.28. The van der Waals surface area contributed by atoms with E-state index in [1.165, 1.54) is 5.56 Å². The first-order chi connectivity index (χ1) is 9.60. The highest BCUT2D eigenvalue weighted by molar-refractivity contribution is 5.78. The number of hydrogen-bond donors (Lipinski definition) is 1. The highest BCUT2D eigenvalue weighted by atomic mass is 16.3. The standard InChI is InChI=1S/C16H24N2O2/c1-13-5-7-14(8-6-13)10-17(2)16(20)11-18-9-3-4-15(18)12-19/h5-8,15,19H,3-4,9-12H2,1-2H3/t15-/m1/s1. The molecule has 0 spiro atoms. The van der Waals surface area contributed by atoms with E-state index in [1.807, 2.05) is 7.05 Å². The van der Waals surface area contributed by atoms with Crippen molar-refractivity contribution in [2.24, 2.45) is 0 Å². The lowest BCUT2D eigenvalue weighted by Crippen LogP contribution is -2.41. The minimum Gasteiger partial charge on any atom is -0.395 e. The molecule has 20 heavy (non-hydrogen) atoms. The van der Waals surface area contributed by atoms with Gasteiger partial charge < -0.3 is 10.0 Å². The molecule has 0 aromatic heterocycles. The number of aryl methyl sites for hydroxylation is 1. The quantitative estimate of drug-likeness (QED) is 0.884. The summed E-state index contributed by atoms with van der Waals surface area (Å²) in [4.78, 5) is 16.1. The Morgan fingerprint density at radius 2 is 2.10 bits per heavy atom. The van der Waals surface area contributed by atoms with Crippen molar-refractivity contribution < 1.29 is 9.90 Å². The largest absolute Gasteiger partial charge is 0.395 e. The van der Waals surface area contributed by atoms with Crippen molar-refractivity contribution in [2.45, 2.75) is 32.4 Å². The minimum atomic E-state index is 0.117. The summed E-state index contributed by atoms with van der Waals surface area (Å²) in [5.74, 6) is 0.117. The lowest BCUT2D eigenvalue weighted by Gasteiger charge is -2.25. The Morgan fingerprint density at radius 1 is 1.40 bits per heavy atom. The summed E-state index contributed by atoms with van der Waals surface area (Å²) >= 11 is 0. The molecular weight excluding hydrogens is 252 g/mol. The van der Waals surface area contributed by atoms with Gasteiger partial charge in [0.15, 0.2) is 0 Å². The predicted octanol–water partition coefficient (Wildman–Crippen LogP) is 1.41. The molecule has 1 saturated heterocycles. The van der Waals surface area contributed by atoms with Crippen molar-refractivity contribution in [1.29, 1.82) is 0 Å². The molecule has 1 heterocycles. The van der Waals surface area contributed by atoms with Crippen LogP contribution < -0.4 is 0 Å². The van der Waals surface area contributed by atoms with E-state index in [2.05, 4.69) is 36.1 Å². The summed E-state index contributed by atoms with van der Waals surface area (Å²) in [7, 11) is 1.84. The second-order valence-corrected chi connectivity index (χ2v) is 5.68. The molecule has 110 valence electrons. The fourth-order valence-corrected chi connectivity index (χ4v) is 2.66. The van der Waals surface area contributed by atoms with Gasteiger partial charge in [0.05, 0.1) is 13.2 Å². The molecule has 1 fully saturated rings. The number of amides is 1. The van der Waals surface area contributed by atoms with Crippen molar-refractivity contribution in [3.05, 3.63) is 35.4 Å². The Bertz CT molecular complexity index is 444. The zero-order chi connectivity index (χ0) is 14.5. The van der Waals surface area contributed by atoms with Gasteiger partial charge in [0.1, 0.15) is 0 Å². The molecule has 1 amide bonds. The van der Waals surface area contributed by atoms with Crippen LogP contribution in [0.4, 0.5) is 0 Å². The van der Waals surface area contributed by atoms with Crippen LogP contribution in [0.5, 0.6) is 0 Å². The summed E-state index contributed by atoms with van der Waals surface area (Å²) < 4.78 is 0. The molecule has 1 aliphatic rings. The fraction of sp³-hybridized carbons (Fsp3) is 0.562. The lowest BCUT2D eigenvalue weighted by atomic mass is 10.1. The number of carbonyl (C=O) groups is 1. The second-order valence-electron chi connectivity index (χ2n) is 5.68. The van der Waals surface area contributed by atoms with Crippen LogP contribution in [0.15, 0.2) is 24.3 Å². The predicted molar refractivity (Wildman–Crippen MR) is 79.3 cm³/mol. The van der Waals surface area contributed by atoms with Gasteiger partial charge in [0, 0.05) is 19.6 Å². The normalized spacial score (nSPS) is 19.2. The van der Waals surface area contributed by atoms with Crippen molar-refractivity contribution in [3.8, 4) is 0 Å². The Hall–Kier alpha value is -1.39. The highest BCUT2D eigenvalue weighted by Crippen LogP contribution is 2.16. The number of nitrogens with zero attached hydrogens (tertiary/aromatic N) is 2. The summed E-state index contributed by atoms with van der Waals surface area (Å²) in [5.41, 5.74) is 2.37. The number of aliphatic hydroxyl groups excluding tert-OH is 1. The van der Waals surface area contributed by atoms with Gasteiger partial charge in [-0.3, -0.25) is 9.69 Å². The van der Waals surface area contributed by atoms with Gasteiger partial charge in [-0.15, -0.1) is 0 Å². The van der Waals surface area contributed by atoms with Gasteiger partial charge in [0.25, 0.3) is 0 Å². The van der Waals surface area contributed by atoms with Crippen LogP contribution in [-0.2, 0) is 11.3 Å². The van der Waals surface area contributed by atoms with Crippen molar-refractivity contribution >= 4 is 5.91 Å². The zero-order valence-corrected chi connectivity index (χ0v) is 12.4. The van der Waals surface area contributed by atoms with Gasteiger partial charge in [-0.1, -0.05) is 29.8 Å². The van der Waals surface area contributed by atoms with Crippen LogP contribution >= 0.6 is 0 Å². The smallest absolute Gasteiger partial charge is 0.236 e. The third-order valence-corrected chi connectivity index (χ3v) is 4.01. The van der Waals surface area contributed by atoms with Crippen molar-refractivity contribution in [2.75, 3.05) is 26.7 Å². The third-order valence-electron chi connectivity index (χ3n) is 4.01. The van der Waals surface area contributed by atoms with E-state index in [4.69, 9.17) is 0 Å². The zero-order valence-electron chi connectivity index (χ0n) is 12.4. The molecular formula is C16H24N2O2. The van der Waals surface area contributed by atoms with E-state index < -0.39 is 0 Å². The molecule has 0 bridgehead atoms. The van der Waals surface area contributed by atoms with Gasteiger partial charge in [-0.2, -0.15) is 0 Å². The average molecular weight is 276 g/mol. The maximum atomic E-state index is 12.2. The van der Waals surface area contributed by atoms with E-state index in [-0.39, 0.29) is 18.6 Å². The first-order valence-corrected chi connectivity index (χ1v) is 7.24. The Labute approximate surface area is 121 Å². The van der Waals surface area contributed by atoms with E-state index >= 15 is 0 Å². The SMILES string of the molecule is Cc1ccc(CN(C)C(=O)CN2CCC[C@@H]2CO)cc1. The fourth-order valence-electron chi connectivity index (χ4n) is 2.66. The number of rotatable bonds is 5. The molecule has 1 atom stereocenters. The molecule has 0 radical (unpaired) electrons. The van der Waals surface area contributed by atoms with Gasteiger partial charge in [-0.05, 0) is 31.9 Å². The van der Waals surface area contributed by atoms with Crippen LogP contribution in [0.3, 0.4) is 0 Å². The van der Waals surface area contributed by atoms with E-state index in [1.54, 1.807) is 4.90 Å². The molecule has 4 nitrogen and oxygen atoms in total. The van der Waals surface area contributed by atoms with Crippen molar-refractivity contribution in [1.82, 2.24) is 9.80 Å². The van der Waals surface area contributed by atoms with E-state index in [0.29, 0.717) is 13.1 Å². The maximum absolute atomic E-state index is 12.2. The molecule has 1 aromatic carbocycles. The third kappa shape index (κ3) is 3.81. The number of likely N-dealkylation sites (N-methyl/N-ethyl adjacent to an activating group) is 1. The van der Waals surface area contributed by atoms with Crippen LogP contribution in [0.2, 0.25) is 0 Å². The molecule has 1 aliphatic heterocycles. The van der Waals surface area contributed by atoms with Crippen LogP contribution in [0, 0.1) is 6.92 Å².